The highest BCUT2D eigenvalue weighted by atomic mass is 19.1. The molecule has 1 N–H and O–H groups in total. The summed E-state index contributed by atoms with van der Waals surface area (Å²) in [6.07, 6.45) is 1.55. The second-order valence-corrected chi connectivity index (χ2v) is 7.98. The van der Waals surface area contributed by atoms with Crippen molar-refractivity contribution < 1.29 is 18.3 Å². The number of carbonyl (C=O) groups is 1. The Bertz CT molecular complexity index is 1110. The van der Waals surface area contributed by atoms with Gasteiger partial charge in [0.05, 0.1) is 24.8 Å². The lowest BCUT2D eigenvalue weighted by atomic mass is 10.0. The molecule has 0 radical (unpaired) electrons. The smallest absolute Gasteiger partial charge is 0.255 e. The van der Waals surface area contributed by atoms with Crippen LogP contribution in [0, 0.1) is 18.6 Å². The summed E-state index contributed by atoms with van der Waals surface area (Å²) in [6, 6.07) is 11.4. The van der Waals surface area contributed by atoms with Crippen LogP contribution in [-0.4, -0.2) is 53.4 Å². The van der Waals surface area contributed by atoms with Crippen molar-refractivity contribution in [1.29, 1.82) is 0 Å². The van der Waals surface area contributed by atoms with Crippen LogP contribution >= 0.6 is 0 Å². The molecule has 1 fully saturated rings. The number of hydrogen-bond donors (Lipinski definition) is 1. The molecule has 4 rings (SSSR count). The predicted molar refractivity (Wildman–Crippen MR) is 117 cm³/mol. The molecule has 1 aliphatic heterocycles. The van der Waals surface area contributed by atoms with E-state index in [-0.39, 0.29) is 28.8 Å². The van der Waals surface area contributed by atoms with Crippen molar-refractivity contribution in [3.63, 3.8) is 0 Å². The van der Waals surface area contributed by atoms with Gasteiger partial charge in [-0.15, -0.1) is 0 Å². The fourth-order valence-electron chi connectivity index (χ4n) is 4.04. The fourth-order valence-corrected chi connectivity index (χ4v) is 4.04. The number of morpholine rings is 1. The van der Waals surface area contributed by atoms with Gasteiger partial charge < -0.3 is 10.1 Å². The number of benzene rings is 2. The molecule has 1 amide bonds. The molecule has 0 saturated carbocycles. The van der Waals surface area contributed by atoms with Gasteiger partial charge in [0.25, 0.3) is 5.91 Å². The summed E-state index contributed by atoms with van der Waals surface area (Å²) < 4.78 is 34.7. The number of aryl methyl sites for hydroxylation is 2. The first-order valence-electron chi connectivity index (χ1n) is 10.6. The Morgan fingerprint density at radius 2 is 1.97 bits per heavy atom. The lowest BCUT2D eigenvalue weighted by Crippen LogP contribution is -2.43. The molecule has 168 valence electrons. The first-order chi connectivity index (χ1) is 15.4. The van der Waals surface area contributed by atoms with E-state index < -0.39 is 11.6 Å². The number of ether oxygens (including phenoxy) is 1. The lowest BCUT2D eigenvalue weighted by molar-refractivity contribution is 0.0162. The van der Waals surface area contributed by atoms with Gasteiger partial charge >= 0.3 is 0 Å². The predicted octanol–water partition coefficient (Wildman–Crippen LogP) is 3.48. The molecule has 1 saturated heterocycles. The lowest BCUT2D eigenvalue weighted by Gasteiger charge is -2.35. The molecule has 8 heteroatoms. The van der Waals surface area contributed by atoms with Crippen LogP contribution in [0.2, 0.25) is 0 Å². The molecular formula is C24H26F2N4O2. The number of aromatic nitrogens is 2. The van der Waals surface area contributed by atoms with Gasteiger partial charge in [-0.05, 0) is 24.6 Å². The van der Waals surface area contributed by atoms with Crippen molar-refractivity contribution in [3.8, 4) is 11.3 Å². The Kier molecular flexibility index (Phi) is 6.62. The molecule has 1 atom stereocenters. The summed E-state index contributed by atoms with van der Waals surface area (Å²) in [5.74, 6) is -1.80. The van der Waals surface area contributed by atoms with E-state index in [0.717, 1.165) is 36.3 Å². The minimum Gasteiger partial charge on any atom is -0.379 e. The van der Waals surface area contributed by atoms with Crippen molar-refractivity contribution >= 4 is 5.91 Å². The number of rotatable bonds is 6. The number of nitrogens with one attached hydrogen (secondary N) is 1. The molecule has 6 nitrogen and oxygen atoms in total. The van der Waals surface area contributed by atoms with Gasteiger partial charge in [0.15, 0.2) is 0 Å². The molecule has 0 aliphatic carbocycles. The summed E-state index contributed by atoms with van der Waals surface area (Å²) in [6.45, 7) is 5.25. The van der Waals surface area contributed by atoms with Crippen LogP contribution < -0.4 is 5.32 Å². The van der Waals surface area contributed by atoms with E-state index in [1.165, 1.54) is 10.7 Å². The molecule has 32 heavy (non-hydrogen) atoms. The molecule has 1 aliphatic rings. The first kappa shape index (κ1) is 22.1. The Balaban J connectivity index is 1.57. The molecule has 2 heterocycles. The van der Waals surface area contributed by atoms with Crippen molar-refractivity contribution in [2.45, 2.75) is 13.0 Å². The minimum absolute atomic E-state index is 0.0228. The normalized spacial score (nSPS) is 15.5. The maximum Gasteiger partial charge on any atom is 0.255 e. The van der Waals surface area contributed by atoms with E-state index in [0.29, 0.717) is 19.8 Å². The second kappa shape index (κ2) is 9.58. The van der Waals surface area contributed by atoms with E-state index >= 15 is 0 Å². The SMILES string of the molecule is Cc1cccc(C(CNC(=O)c2cn(C)nc2-c2ccc(F)cc2F)N2CCOCC2)c1. The maximum absolute atomic E-state index is 14.4. The standard InChI is InChI=1S/C24H26F2N4O2/c1-16-4-3-5-17(12-16)22(30-8-10-32-11-9-30)14-27-24(31)20-15-29(2)28-23(20)19-7-6-18(25)13-21(19)26/h3-7,12-13,15,22H,8-11,14H2,1-2H3,(H,27,31). The van der Waals surface area contributed by atoms with Crippen LogP contribution in [0.1, 0.15) is 27.5 Å². The summed E-state index contributed by atoms with van der Waals surface area (Å²) in [5.41, 5.74) is 2.76. The van der Waals surface area contributed by atoms with Crippen molar-refractivity contribution in [2.24, 2.45) is 7.05 Å². The largest absolute Gasteiger partial charge is 0.379 e. The van der Waals surface area contributed by atoms with Crippen molar-refractivity contribution in [1.82, 2.24) is 20.0 Å². The third-order valence-electron chi connectivity index (χ3n) is 5.63. The van der Waals surface area contributed by atoms with Crippen LogP contribution in [0.5, 0.6) is 0 Å². The van der Waals surface area contributed by atoms with Gasteiger partial charge in [-0.3, -0.25) is 14.4 Å². The van der Waals surface area contributed by atoms with Gasteiger partial charge in [0.1, 0.15) is 17.3 Å². The average Bonchev–Trinajstić information content (AvgIpc) is 3.16. The molecule has 2 aromatic carbocycles. The number of carbonyl (C=O) groups excluding carboxylic acids is 1. The van der Waals surface area contributed by atoms with Crippen LogP contribution in [0.4, 0.5) is 8.78 Å². The maximum atomic E-state index is 14.4. The Morgan fingerprint density at radius 1 is 1.19 bits per heavy atom. The van der Waals surface area contributed by atoms with E-state index in [1.54, 1.807) is 13.2 Å². The number of nitrogens with zero attached hydrogens (tertiary/aromatic N) is 3. The summed E-state index contributed by atoms with van der Waals surface area (Å²) in [5, 5.41) is 7.24. The summed E-state index contributed by atoms with van der Waals surface area (Å²) in [7, 11) is 1.66. The minimum atomic E-state index is -0.760. The van der Waals surface area contributed by atoms with Gasteiger partial charge in [-0.2, -0.15) is 5.10 Å². The highest BCUT2D eigenvalue weighted by Gasteiger charge is 2.25. The summed E-state index contributed by atoms with van der Waals surface area (Å²) >= 11 is 0. The Labute approximate surface area is 185 Å². The number of hydrogen-bond acceptors (Lipinski definition) is 4. The highest BCUT2D eigenvalue weighted by Crippen LogP contribution is 2.26. The van der Waals surface area contributed by atoms with E-state index in [2.05, 4.69) is 27.4 Å². The molecule has 0 spiro atoms. The van der Waals surface area contributed by atoms with Crippen molar-refractivity contribution in [3.05, 3.63) is 77.0 Å². The van der Waals surface area contributed by atoms with E-state index in [4.69, 9.17) is 4.74 Å². The third-order valence-corrected chi connectivity index (χ3v) is 5.63. The first-order valence-corrected chi connectivity index (χ1v) is 10.6. The van der Waals surface area contributed by atoms with Crippen LogP contribution in [0.3, 0.4) is 0 Å². The van der Waals surface area contributed by atoms with Gasteiger partial charge in [0.2, 0.25) is 0 Å². The monoisotopic (exact) mass is 440 g/mol. The third kappa shape index (κ3) is 4.87. The topological polar surface area (TPSA) is 59.4 Å². The van der Waals surface area contributed by atoms with Gasteiger partial charge in [-0.1, -0.05) is 29.8 Å². The van der Waals surface area contributed by atoms with Crippen molar-refractivity contribution in [2.75, 3.05) is 32.8 Å². The zero-order valence-electron chi connectivity index (χ0n) is 18.1. The molecule has 3 aromatic rings. The quantitative estimate of drug-likeness (QED) is 0.638. The fraction of sp³-hybridized carbons (Fsp3) is 0.333. The van der Waals surface area contributed by atoms with Gasteiger partial charge in [0, 0.05) is 44.5 Å². The number of amides is 1. The highest BCUT2D eigenvalue weighted by molar-refractivity contribution is 5.99. The zero-order chi connectivity index (χ0) is 22.7. The van der Waals surface area contributed by atoms with Crippen LogP contribution in [-0.2, 0) is 11.8 Å². The Hall–Kier alpha value is -3.10. The van der Waals surface area contributed by atoms with E-state index in [9.17, 15) is 13.6 Å². The molecule has 0 bridgehead atoms. The zero-order valence-corrected chi connectivity index (χ0v) is 18.1. The summed E-state index contributed by atoms with van der Waals surface area (Å²) in [4.78, 5) is 15.4. The Morgan fingerprint density at radius 3 is 2.69 bits per heavy atom. The molecule has 1 unspecified atom stereocenters. The number of halogens is 2. The second-order valence-electron chi connectivity index (χ2n) is 7.98. The van der Waals surface area contributed by atoms with Crippen LogP contribution in [0.25, 0.3) is 11.3 Å². The molecular weight excluding hydrogens is 414 g/mol. The van der Waals surface area contributed by atoms with E-state index in [1.807, 2.05) is 19.1 Å². The average molecular weight is 440 g/mol. The van der Waals surface area contributed by atoms with Crippen LogP contribution in [0.15, 0.2) is 48.7 Å². The molecule has 1 aromatic heterocycles. The van der Waals surface area contributed by atoms with Gasteiger partial charge in [-0.25, -0.2) is 8.78 Å².